The second kappa shape index (κ2) is 17.8. The van der Waals surface area contributed by atoms with Gasteiger partial charge in [0.05, 0.1) is 23.2 Å². The van der Waals surface area contributed by atoms with E-state index in [2.05, 4.69) is 5.32 Å². The molecule has 16 nitrogen and oxygen atoms in total. The zero-order valence-electron chi connectivity index (χ0n) is 32.2. The number of carboxylic acids is 1. The van der Waals surface area contributed by atoms with Gasteiger partial charge in [0.25, 0.3) is 15.9 Å². The van der Waals surface area contributed by atoms with Crippen LogP contribution in [0.3, 0.4) is 0 Å². The number of unbranched alkanes of at least 4 members (excludes halogenated alkanes) is 3. The number of alkyl carbamates (subject to hydrolysis) is 1. The maximum Gasteiger partial charge on any atom is 0.410 e. The molecule has 0 aromatic heterocycles. The lowest BCUT2D eigenvalue weighted by atomic mass is 10.0. The number of sulfonamides is 1. The fraction of sp³-hybridized carbons (Fsp3) is 0.487. The Bertz CT molecular complexity index is 2070. The molecule has 2 aliphatic heterocycles. The van der Waals surface area contributed by atoms with Crippen LogP contribution >= 0.6 is 11.6 Å². The second-order valence-corrected chi connectivity index (χ2v) is 17.7. The van der Waals surface area contributed by atoms with Crippen LogP contribution in [0.15, 0.2) is 53.4 Å². The van der Waals surface area contributed by atoms with Gasteiger partial charge in [-0.3, -0.25) is 14.5 Å². The number of hydrogen-bond donors (Lipinski definition) is 4. The van der Waals surface area contributed by atoms with E-state index in [1.54, 1.807) is 42.5 Å². The zero-order chi connectivity index (χ0) is 42.6. The molecule has 2 aromatic rings. The van der Waals surface area contributed by atoms with Crippen molar-refractivity contribution >= 4 is 57.9 Å². The number of rotatable bonds is 15. The number of aromatic carboxylic acids is 1. The molecule has 5 rings (SSSR count). The van der Waals surface area contributed by atoms with E-state index in [1.165, 1.54) is 4.90 Å². The molecule has 0 radical (unpaired) electrons. The van der Waals surface area contributed by atoms with Gasteiger partial charge in [-0.1, -0.05) is 60.9 Å². The minimum absolute atomic E-state index is 0.0243. The molecule has 4 amide bonds. The highest BCUT2D eigenvalue weighted by molar-refractivity contribution is 7.90. The number of fused-ring (bicyclic) bond motifs is 1. The van der Waals surface area contributed by atoms with Crippen molar-refractivity contribution in [3.8, 4) is 0 Å². The number of halogens is 2. The van der Waals surface area contributed by atoms with Gasteiger partial charge in [0.2, 0.25) is 5.91 Å². The molecule has 5 atom stereocenters. The van der Waals surface area contributed by atoms with Crippen LogP contribution in [-0.2, 0) is 47.0 Å². The van der Waals surface area contributed by atoms with Crippen molar-refractivity contribution in [2.75, 3.05) is 6.54 Å². The lowest BCUT2D eigenvalue weighted by Crippen LogP contribution is -2.51. The number of ether oxygens (including phenoxy) is 2. The van der Waals surface area contributed by atoms with Gasteiger partial charge in [-0.05, 0) is 69.7 Å². The Hall–Kier alpha value is -5.07. The third-order valence-electron chi connectivity index (χ3n) is 10.1. The van der Waals surface area contributed by atoms with Crippen molar-refractivity contribution in [3.63, 3.8) is 0 Å². The van der Waals surface area contributed by atoms with E-state index in [9.17, 15) is 46.7 Å². The summed E-state index contributed by atoms with van der Waals surface area (Å²) in [5.74, 6) is -5.05. The highest BCUT2D eigenvalue weighted by atomic mass is 35.5. The molecular weight excluding hydrogens is 801 g/mol. The Morgan fingerprint density at radius 2 is 1.78 bits per heavy atom. The van der Waals surface area contributed by atoms with E-state index in [1.807, 2.05) is 24.3 Å². The van der Waals surface area contributed by atoms with Crippen LogP contribution in [-0.4, -0.2) is 95.5 Å². The first-order chi connectivity index (χ1) is 27.2. The fourth-order valence-electron chi connectivity index (χ4n) is 6.91. The highest BCUT2D eigenvalue weighted by Crippen LogP contribution is 2.43. The minimum atomic E-state index is -4.83. The lowest BCUT2D eigenvalue weighted by Gasteiger charge is -2.28. The topological polar surface area (TPSA) is 232 Å². The molecule has 5 N–H and O–H groups in total. The summed E-state index contributed by atoms with van der Waals surface area (Å²) in [4.78, 5) is 77.7. The Morgan fingerprint density at radius 3 is 2.40 bits per heavy atom. The van der Waals surface area contributed by atoms with Gasteiger partial charge in [0.1, 0.15) is 40.3 Å². The molecule has 314 valence electrons. The molecule has 3 aliphatic rings. The molecular formula is C39H47ClFN5O11S. The second-order valence-electron chi connectivity index (χ2n) is 15.7. The molecule has 19 heteroatoms. The van der Waals surface area contributed by atoms with E-state index >= 15 is 0 Å². The number of nitrogens with one attached hydrogen (secondary N) is 2. The third kappa shape index (κ3) is 10.7. The van der Waals surface area contributed by atoms with E-state index in [4.69, 9.17) is 26.8 Å². The molecule has 1 saturated carbocycles. The van der Waals surface area contributed by atoms with E-state index in [0.717, 1.165) is 11.1 Å². The quantitative estimate of drug-likeness (QED) is 0.111. The van der Waals surface area contributed by atoms with Crippen molar-refractivity contribution in [1.82, 2.24) is 19.8 Å². The maximum atomic E-state index is 14.4. The predicted octanol–water partition coefficient (Wildman–Crippen LogP) is 4.42. The van der Waals surface area contributed by atoms with Gasteiger partial charge in [0, 0.05) is 25.4 Å². The smallest absolute Gasteiger partial charge is 0.410 e. The first-order valence-electron chi connectivity index (χ1n) is 18.7. The largest absolute Gasteiger partial charge is 0.478 e. The van der Waals surface area contributed by atoms with Crippen LogP contribution in [0.5, 0.6) is 0 Å². The van der Waals surface area contributed by atoms with E-state index in [0.29, 0.717) is 57.2 Å². The van der Waals surface area contributed by atoms with Crippen LogP contribution in [0.25, 0.3) is 0 Å². The summed E-state index contributed by atoms with van der Waals surface area (Å²) in [7, 11) is -4.83. The van der Waals surface area contributed by atoms with Crippen LogP contribution in [0.2, 0.25) is 5.02 Å². The maximum absolute atomic E-state index is 14.4. The number of hydrogen-bond acceptors (Lipinski definition) is 11. The van der Waals surface area contributed by atoms with Crippen molar-refractivity contribution in [2.24, 2.45) is 11.7 Å². The van der Waals surface area contributed by atoms with E-state index < -0.39 is 96.5 Å². The molecule has 2 aromatic carbocycles. The Labute approximate surface area is 340 Å². The summed E-state index contributed by atoms with van der Waals surface area (Å²) in [6.45, 7) is 5.82. The lowest BCUT2D eigenvalue weighted by molar-refractivity contribution is -0.137. The molecule has 0 spiro atoms. The first-order valence-corrected chi connectivity index (χ1v) is 20.6. The number of nitrogens with two attached hydrogens (primary N) is 1. The SMILES string of the molecule is CC(C)(C)OC(=O)N[C@@H](CCCCC/C=C\[C@@H]1C[C@]1(N)C(=O)NS(=O)(=O)c1cc(C(=O)O)c(Cl)cc1F)C(=O)N1C[C@H](OC(=O)N2Cc3ccccc3C2)C[C@H]1C=O. The number of carbonyl (C=O) groups excluding carboxylic acids is 5. The normalized spacial score (nSPS) is 21.9. The number of nitrogens with zero attached hydrogens (tertiary/aromatic N) is 2. The summed E-state index contributed by atoms with van der Waals surface area (Å²) in [6, 6.07) is 6.82. The van der Waals surface area contributed by atoms with Gasteiger partial charge in [-0.25, -0.2) is 31.9 Å². The van der Waals surface area contributed by atoms with Gasteiger partial charge < -0.3 is 35.3 Å². The van der Waals surface area contributed by atoms with Gasteiger partial charge in [-0.15, -0.1) is 0 Å². The number of carboxylic acid groups (broad SMARTS) is 1. The average Bonchev–Trinajstić information content (AvgIpc) is 3.42. The Kier molecular flexibility index (Phi) is 13.5. The van der Waals surface area contributed by atoms with Crippen molar-refractivity contribution in [1.29, 1.82) is 0 Å². The Morgan fingerprint density at radius 1 is 1.10 bits per heavy atom. The molecule has 0 bridgehead atoms. The summed E-state index contributed by atoms with van der Waals surface area (Å²) < 4.78 is 52.8. The molecule has 1 aliphatic carbocycles. The summed E-state index contributed by atoms with van der Waals surface area (Å²) >= 11 is 5.69. The zero-order valence-corrected chi connectivity index (χ0v) is 33.8. The molecule has 2 fully saturated rings. The van der Waals surface area contributed by atoms with Gasteiger partial charge in [-0.2, -0.15) is 0 Å². The average molecular weight is 848 g/mol. The number of benzene rings is 2. The van der Waals surface area contributed by atoms with Crippen molar-refractivity contribution in [2.45, 2.75) is 113 Å². The fourth-order valence-corrected chi connectivity index (χ4v) is 8.27. The summed E-state index contributed by atoms with van der Waals surface area (Å²) in [5, 5.41) is 11.4. The predicted molar refractivity (Wildman–Crippen MR) is 206 cm³/mol. The number of aldehydes is 1. The minimum Gasteiger partial charge on any atom is -0.478 e. The van der Waals surface area contributed by atoms with Gasteiger partial charge >= 0.3 is 18.2 Å². The monoisotopic (exact) mass is 847 g/mol. The van der Waals surface area contributed by atoms with Crippen LogP contribution in [0.1, 0.15) is 87.2 Å². The van der Waals surface area contributed by atoms with Crippen molar-refractivity contribution in [3.05, 3.63) is 76.1 Å². The number of carbonyl (C=O) groups is 6. The number of likely N-dealkylation sites (tertiary alicyclic amines) is 1. The highest BCUT2D eigenvalue weighted by Gasteiger charge is 2.56. The van der Waals surface area contributed by atoms with Gasteiger partial charge in [0.15, 0.2) is 0 Å². The van der Waals surface area contributed by atoms with Crippen molar-refractivity contribution < 1.29 is 56.2 Å². The standard InChI is InChI=1S/C39H47ClFN5O11S/c1-38(2,3)57-36(52)43-31(33(48)46-21-27(15-26(46)22-47)56-37(53)45-19-23-11-9-10-12-24(23)20-45)14-8-6-4-5-7-13-25-18-39(25,42)35(51)44-58(54,55)32-16-28(34(49)50)29(40)17-30(32)41/h7,9-13,16-17,22,25-27,31H,4-6,8,14-15,18-21,42H2,1-3H3,(H,43,52)(H,44,51)(H,49,50)/b13-7-/t25-,26+,27-,31+,39-/m1/s1. The number of allylic oxidation sites excluding steroid dienone is 1. The van der Waals surface area contributed by atoms with Crippen LogP contribution in [0.4, 0.5) is 14.0 Å². The Balaban J connectivity index is 1.11. The van der Waals surface area contributed by atoms with Crippen LogP contribution < -0.4 is 15.8 Å². The van der Waals surface area contributed by atoms with Crippen LogP contribution in [0, 0.1) is 11.7 Å². The molecule has 0 unspecified atom stereocenters. The third-order valence-corrected chi connectivity index (χ3v) is 11.7. The first kappa shape index (κ1) is 44.0. The molecule has 2 heterocycles. The summed E-state index contributed by atoms with van der Waals surface area (Å²) in [5.41, 5.74) is 5.10. The number of amides is 4. The molecule has 1 saturated heterocycles. The van der Waals surface area contributed by atoms with E-state index in [-0.39, 0.29) is 25.8 Å². The summed E-state index contributed by atoms with van der Waals surface area (Å²) in [6.07, 6.45) is 4.72. The molecule has 58 heavy (non-hydrogen) atoms.